The molecule has 0 radical (unpaired) electrons. The minimum atomic E-state index is -0.837. The lowest BCUT2D eigenvalue weighted by Crippen LogP contribution is -2.43. The summed E-state index contributed by atoms with van der Waals surface area (Å²) in [6.07, 6.45) is 6.96. The number of rotatable bonds is 8. The van der Waals surface area contributed by atoms with Crippen LogP contribution in [0.3, 0.4) is 0 Å². The van der Waals surface area contributed by atoms with Gasteiger partial charge in [0.2, 0.25) is 11.8 Å². The molecule has 1 heterocycles. The Bertz CT molecular complexity index is 640. The highest BCUT2D eigenvalue weighted by molar-refractivity contribution is 6.13. The van der Waals surface area contributed by atoms with E-state index in [0.29, 0.717) is 12.8 Å². The summed E-state index contributed by atoms with van der Waals surface area (Å²) in [6.45, 7) is 7.81. The van der Waals surface area contributed by atoms with Gasteiger partial charge >= 0.3 is 0 Å². The van der Waals surface area contributed by atoms with Gasteiger partial charge < -0.3 is 15.1 Å². The second kappa shape index (κ2) is 8.77. The molecule has 1 saturated carbocycles. The molecule has 148 valence electrons. The normalized spacial score (nSPS) is 18.1. The minimum absolute atomic E-state index is 0.00800. The van der Waals surface area contributed by atoms with Gasteiger partial charge in [-0.25, -0.2) is 0 Å². The van der Waals surface area contributed by atoms with Crippen molar-refractivity contribution in [1.82, 2.24) is 4.90 Å². The summed E-state index contributed by atoms with van der Waals surface area (Å²) < 4.78 is 0. The van der Waals surface area contributed by atoms with Gasteiger partial charge in [0, 0.05) is 37.6 Å². The summed E-state index contributed by atoms with van der Waals surface area (Å²) in [5.41, 5.74) is 1.15. The maximum absolute atomic E-state index is 13.0. The monoisotopic (exact) mass is 371 g/mol. The van der Waals surface area contributed by atoms with E-state index >= 15 is 0 Å². The predicted molar refractivity (Wildman–Crippen MR) is 110 cm³/mol. The fourth-order valence-corrected chi connectivity index (χ4v) is 3.98. The summed E-state index contributed by atoms with van der Waals surface area (Å²) in [6, 6.07) is 8.06. The van der Waals surface area contributed by atoms with Crippen LogP contribution in [-0.2, 0) is 9.59 Å². The average molecular weight is 372 g/mol. The maximum atomic E-state index is 13.0. The molecule has 2 fully saturated rings. The molecule has 1 aromatic carbocycles. The van der Waals surface area contributed by atoms with Crippen LogP contribution in [0, 0.1) is 5.41 Å². The Balaban J connectivity index is 1.63. The van der Waals surface area contributed by atoms with Crippen molar-refractivity contribution in [2.24, 2.45) is 5.41 Å². The molecule has 1 saturated heterocycles. The van der Waals surface area contributed by atoms with Gasteiger partial charge in [0.05, 0.1) is 0 Å². The molecule has 1 N–H and O–H groups in total. The van der Waals surface area contributed by atoms with Crippen molar-refractivity contribution in [1.29, 1.82) is 0 Å². The molecular formula is C22H33N3O2. The molecule has 27 heavy (non-hydrogen) atoms. The Morgan fingerprint density at radius 3 is 2.11 bits per heavy atom. The van der Waals surface area contributed by atoms with E-state index in [4.69, 9.17) is 0 Å². The van der Waals surface area contributed by atoms with Crippen LogP contribution in [-0.4, -0.2) is 42.9 Å². The molecule has 3 rings (SSSR count). The first-order chi connectivity index (χ1) is 13.1. The standard InChI is InChI=1S/C22H33N3O2/c1-3-14-25(15-4-2)21(27)22(12-13-22)20(26)23-18-8-10-19(11-9-18)24-16-6-5-7-17-24/h8-11H,3-7,12-17H2,1-2H3,(H,23,26). The lowest BCUT2D eigenvalue weighted by atomic mass is 10.0. The fourth-order valence-electron chi connectivity index (χ4n) is 3.98. The highest BCUT2D eigenvalue weighted by Gasteiger charge is 2.57. The van der Waals surface area contributed by atoms with Gasteiger partial charge in [-0.15, -0.1) is 0 Å². The number of amides is 2. The zero-order valence-electron chi connectivity index (χ0n) is 16.8. The van der Waals surface area contributed by atoms with Crippen molar-refractivity contribution in [3.05, 3.63) is 24.3 Å². The Morgan fingerprint density at radius 2 is 1.59 bits per heavy atom. The molecule has 1 aliphatic carbocycles. The SMILES string of the molecule is CCCN(CCC)C(=O)C1(C(=O)Nc2ccc(N3CCCCC3)cc2)CC1. The summed E-state index contributed by atoms with van der Waals surface area (Å²) in [7, 11) is 0. The van der Waals surface area contributed by atoms with Crippen molar-refractivity contribution in [2.75, 3.05) is 36.4 Å². The van der Waals surface area contributed by atoms with Crippen molar-refractivity contribution in [2.45, 2.75) is 58.8 Å². The third kappa shape index (κ3) is 4.45. The number of anilines is 2. The molecule has 1 aliphatic heterocycles. The first-order valence-corrected chi connectivity index (χ1v) is 10.6. The van der Waals surface area contributed by atoms with Gasteiger partial charge in [-0.05, 0) is 69.2 Å². The fraction of sp³-hybridized carbons (Fsp3) is 0.636. The number of hydrogen-bond donors (Lipinski definition) is 1. The summed E-state index contributed by atoms with van der Waals surface area (Å²) >= 11 is 0. The Kier molecular flexibility index (Phi) is 6.40. The third-order valence-electron chi connectivity index (χ3n) is 5.71. The van der Waals surface area contributed by atoms with Crippen LogP contribution in [0.1, 0.15) is 58.8 Å². The van der Waals surface area contributed by atoms with Gasteiger partial charge in [-0.1, -0.05) is 13.8 Å². The molecule has 0 bridgehead atoms. The molecule has 0 spiro atoms. The van der Waals surface area contributed by atoms with Crippen molar-refractivity contribution >= 4 is 23.2 Å². The highest BCUT2D eigenvalue weighted by Crippen LogP contribution is 2.48. The lowest BCUT2D eigenvalue weighted by molar-refractivity contribution is -0.142. The Labute approximate surface area is 163 Å². The van der Waals surface area contributed by atoms with Crippen LogP contribution < -0.4 is 10.2 Å². The predicted octanol–water partition coefficient (Wildman–Crippen LogP) is 4.04. The van der Waals surface area contributed by atoms with Crippen LogP contribution in [0.25, 0.3) is 0 Å². The zero-order valence-corrected chi connectivity index (χ0v) is 16.8. The smallest absolute Gasteiger partial charge is 0.240 e. The van der Waals surface area contributed by atoms with E-state index in [-0.39, 0.29) is 11.8 Å². The van der Waals surface area contributed by atoms with Gasteiger partial charge in [0.15, 0.2) is 0 Å². The third-order valence-corrected chi connectivity index (χ3v) is 5.71. The van der Waals surface area contributed by atoms with E-state index in [1.165, 1.54) is 24.9 Å². The van der Waals surface area contributed by atoms with E-state index in [0.717, 1.165) is 44.7 Å². The van der Waals surface area contributed by atoms with Gasteiger partial charge in [-0.2, -0.15) is 0 Å². The van der Waals surface area contributed by atoms with E-state index in [1.54, 1.807) is 0 Å². The van der Waals surface area contributed by atoms with Crippen molar-refractivity contribution in [3.8, 4) is 0 Å². The number of hydrogen-bond acceptors (Lipinski definition) is 3. The number of nitrogens with one attached hydrogen (secondary N) is 1. The molecule has 0 unspecified atom stereocenters. The molecule has 0 aromatic heterocycles. The van der Waals surface area contributed by atoms with Gasteiger partial charge in [0.1, 0.15) is 5.41 Å². The van der Waals surface area contributed by atoms with Gasteiger partial charge in [-0.3, -0.25) is 9.59 Å². The summed E-state index contributed by atoms with van der Waals surface area (Å²) in [5.74, 6) is -0.135. The van der Waals surface area contributed by atoms with Gasteiger partial charge in [0.25, 0.3) is 0 Å². The number of nitrogens with zero attached hydrogens (tertiary/aromatic N) is 2. The van der Waals surface area contributed by atoms with Crippen LogP contribution in [0.5, 0.6) is 0 Å². The molecule has 2 amide bonds. The topological polar surface area (TPSA) is 52.7 Å². The Morgan fingerprint density at radius 1 is 1.00 bits per heavy atom. The van der Waals surface area contributed by atoms with Crippen LogP contribution in [0.15, 0.2) is 24.3 Å². The lowest BCUT2D eigenvalue weighted by Gasteiger charge is -2.29. The molecule has 2 aliphatic rings. The second-order valence-electron chi connectivity index (χ2n) is 7.92. The quantitative estimate of drug-likeness (QED) is 0.702. The summed E-state index contributed by atoms with van der Waals surface area (Å²) in [4.78, 5) is 30.1. The van der Waals surface area contributed by atoms with E-state index in [2.05, 4.69) is 36.2 Å². The number of carbonyl (C=O) groups is 2. The van der Waals surface area contributed by atoms with E-state index < -0.39 is 5.41 Å². The number of benzene rings is 1. The minimum Gasteiger partial charge on any atom is -0.372 e. The van der Waals surface area contributed by atoms with Crippen molar-refractivity contribution in [3.63, 3.8) is 0 Å². The van der Waals surface area contributed by atoms with Crippen LogP contribution >= 0.6 is 0 Å². The molecule has 5 heteroatoms. The largest absolute Gasteiger partial charge is 0.372 e. The molecule has 5 nitrogen and oxygen atoms in total. The number of piperidine rings is 1. The van der Waals surface area contributed by atoms with E-state index in [1.807, 2.05) is 17.0 Å². The maximum Gasteiger partial charge on any atom is 0.240 e. The Hall–Kier alpha value is -2.04. The zero-order chi connectivity index (χ0) is 19.3. The first-order valence-electron chi connectivity index (χ1n) is 10.6. The van der Waals surface area contributed by atoms with Crippen LogP contribution in [0.4, 0.5) is 11.4 Å². The highest BCUT2D eigenvalue weighted by atomic mass is 16.2. The molecule has 1 aromatic rings. The number of carbonyl (C=O) groups excluding carboxylic acids is 2. The first kappa shape index (κ1) is 19.7. The molecule has 0 atom stereocenters. The average Bonchev–Trinajstić information content (AvgIpc) is 3.51. The van der Waals surface area contributed by atoms with Crippen LogP contribution in [0.2, 0.25) is 0 Å². The summed E-state index contributed by atoms with van der Waals surface area (Å²) in [5, 5.41) is 2.99. The second-order valence-corrected chi connectivity index (χ2v) is 7.92. The van der Waals surface area contributed by atoms with Crippen molar-refractivity contribution < 1.29 is 9.59 Å². The van der Waals surface area contributed by atoms with E-state index in [9.17, 15) is 9.59 Å². The molecular weight excluding hydrogens is 338 g/mol.